The van der Waals surface area contributed by atoms with Gasteiger partial charge in [0, 0.05) is 16.6 Å². The average molecular weight is 353 g/mol. The molecule has 1 atom stereocenters. The Morgan fingerprint density at radius 1 is 1.30 bits per heavy atom. The van der Waals surface area contributed by atoms with Gasteiger partial charge in [0.1, 0.15) is 0 Å². The molecular weight excluding hydrogens is 336 g/mol. The molecular formula is C15H17BrN2OS. The SMILES string of the molecule is Cc1nc(-c2ccc(NC(=O)C(Br)C(C)C)cc2)cs1. The number of carbonyl (C=O) groups is 1. The first-order chi connectivity index (χ1) is 9.47. The minimum absolute atomic E-state index is 0.0164. The summed E-state index contributed by atoms with van der Waals surface area (Å²) in [6, 6.07) is 7.76. The van der Waals surface area contributed by atoms with Crippen LogP contribution >= 0.6 is 27.3 Å². The number of thiazole rings is 1. The second-order valence-electron chi connectivity index (χ2n) is 4.96. The normalized spacial score (nSPS) is 12.4. The predicted molar refractivity (Wildman–Crippen MR) is 88.5 cm³/mol. The maximum Gasteiger partial charge on any atom is 0.238 e. The van der Waals surface area contributed by atoms with Gasteiger partial charge >= 0.3 is 0 Å². The molecule has 1 heterocycles. The van der Waals surface area contributed by atoms with Crippen LogP contribution in [0.4, 0.5) is 5.69 Å². The number of carbonyl (C=O) groups excluding carboxylic acids is 1. The van der Waals surface area contributed by atoms with Crippen molar-refractivity contribution in [3.05, 3.63) is 34.7 Å². The van der Waals surface area contributed by atoms with Crippen LogP contribution in [0.15, 0.2) is 29.6 Å². The fourth-order valence-corrected chi connectivity index (χ4v) is 2.47. The Hall–Kier alpha value is -1.20. The number of amides is 1. The Morgan fingerprint density at radius 3 is 2.45 bits per heavy atom. The van der Waals surface area contributed by atoms with E-state index in [1.807, 2.05) is 50.4 Å². The molecule has 20 heavy (non-hydrogen) atoms. The van der Waals surface area contributed by atoms with Crippen LogP contribution in [0.5, 0.6) is 0 Å². The number of halogens is 1. The third-order valence-corrected chi connectivity index (χ3v) is 5.15. The summed E-state index contributed by atoms with van der Waals surface area (Å²) in [6.07, 6.45) is 0. The van der Waals surface area contributed by atoms with E-state index in [4.69, 9.17) is 0 Å². The highest BCUT2D eigenvalue weighted by molar-refractivity contribution is 9.10. The molecule has 1 amide bonds. The molecule has 1 unspecified atom stereocenters. The lowest BCUT2D eigenvalue weighted by Crippen LogP contribution is -2.26. The fourth-order valence-electron chi connectivity index (χ4n) is 1.73. The Labute approximate surface area is 131 Å². The summed E-state index contributed by atoms with van der Waals surface area (Å²) in [4.78, 5) is 16.2. The molecule has 2 rings (SSSR count). The van der Waals surface area contributed by atoms with Crippen molar-refractivity contribution < 1.29 is 4.79 Å². The molecule has 0 saturated heterocycles. The van der Waals surface area contributed by atoms with E-state index in [0.717, 1.165) is 22.0 Å². The van der Waals surface area contributed by atoms with E-state index in [1.165, 1.54) is 0 Å². The topological polar surface area (TPSA) is 42.0 Å². The largest absolute Gasteiger partial charge is 0.325 e. The van der Waals surface area contributed by atoms with Gasteiger partial charge in [-0.3, -0.25) is 4.79 Å². The molecule has 1 N–H and O–H groups in total. The van der Waals surface area contributed by atoms with E-state index >= 15 is 0 Å². The number of rotatable bonds is 4. The van der Waals surface area contributed by atoms with Crippen molar-refractivity contribution in [2.75, 3.05) is 5.32 Å². The van der Waals surface area contributed by atoms with Crippen molar-refractivity contribution in [3.63, 3.8) is 0 Å². The van der Waals surface area contributed by atoms with E-state index in [0.29, 0.717) is 0 Å². The predicted octanol–water partition coefficient (Wildman–Crippen LogP) is 4.48. The lowest BCUT2D eigenvalue weighted by molar-refractivity contribution is -0.116. The number of nitrogens with zero attached hydrogens (tertiary/aromatic N) is 1. The quantitative estimate of drug-likeness (QED) is 0.824. The summed E-state index contributed by atoms with van der Waals surface area (Å²) >= 11 is 5.03. The summed E-state index contributed by atoms with van der Waals surface area (Å²) < 4.78 is 0. The zero-order valence-electron chi connectivity index (χ0n) is 11.7. The monoisotopic (exact) mass is 352 g/mol. The molecule has 5 heteroatoms. The zero-order chi connectivity index (χ0) is 14.7. The highest BCUT2D eigenvalue weighted by Gasteiger charge is 2.18. The van der Waals surface area contributed by atoms with Crippen LogP contribution in [-0.2, 0) is 4.79 Å². The summed E-state index contributed by atoms with van der Waals surface area (Å²) in [5, 5.41) is 5.99. The highest BCUT2D eigenvalue weighted by atomic mass is 79.9. The molecule has 1 aromatic carbocycles. The lowest BCUT2D eigenvalue weighted by Gasteiger charge is -2.13. The maximum atomic E-state index is 11.9. The zero-order valence-corrected chi connectivity index (χ0v) is 14.1. The summed E-state index contributed by atoms with van der Waals surface area (Å²) in [7, 11) is 0. The number of anilines is 1. The van der Waals surface area contributed by atoms with Gasteiger partial charge in [-0.2, -0.15) is 0 Å². The molecule has 0 fully saturated rings. The van der Waals surface area contributed by atoms with Crippen molar-refractivity contribution in [1.29, 1.82) is 0 Å². The molecule has 0 radical (unpaired) electrons. The summed E-state index contributed by atoms with van der Waals surface area (Å²) in [6.45, 7) is 6.00. The standard InChI is InChI=1S/C15H17BrN2OS/c1-9(2)14(16)15(19)18-12-6-4-11(5-7-12)13-8-20-10(3)17-13/h4-9,14H,1-3H3,(H,18,19). The van der Waals surface area contributed by atoms with E-state index in [2.05, 4.69) is 26.2 Å². The molecule has 3 nitrogen and oxygen atoms in total. The van der Waals surface area contributed by atoms with Gasteiger partial charge in [-0.15, -0.1) is 11.3 Å². The molecule has 106 valence electrons. The smallest absolute Gasteiger partial charge is 0.238 e. The van der Waals surface area contributed by atoms with Gasteiger partial charge in [0.25, 0.3) is 0 Å². The first-order valence-corrected chi connectivity index (χ1v) is 8.24. The molecule has 0 saturated carbocycles. The van der Waals surface area contributed by atoms with Gasteiger partial charge in [0.05, 0.1) is 15.5 Å². The Balaban J connectivity index is 2.07. The van der Waals surface area contributed by atoms with Crippen LogP contribution in [0.2, 0.25) is 0 Å². The fraction of sp³-hybridized carbons (Fsp3) is 0.333. The van der Waals surface area contributed by atoms with Crippen LogP contribution in [0.25, 0.3) is 11.3 Å². The molecule has 2 aromatic rings. The highest BCUT2D eigenvalue weighted by Crippen LogP contribution is 2.23. The van der Waals surface area contributed by atoms with Crippen LogP contribution in [0.3, 0.4) is 0 Å². The molecule has 0 aliphatic heterocycles. The number of alkyl halides is 1. The number of benzene rings is 1. The Kier molecular flexibility index (Phi) is 4.94. The number of aromatic nitrogens is 1. The van der Waals surface area contributed by atoms with E-state index in [9.17, 15) is 4.79 Å². The van der Waals surface area contributed by atoms with Crippen LogP contribution in [0.1, 0.15) is 18.9 Å². The van der Waals surface area contributed by atoms with Crippen molar-refractivity contribution >= 4 is 38.9 Å². The van der Waals surface area contributed by atoms with Crippen molar-refractivity contribution in [2.45, 2.75) is 25.6 Å². The third kappa shape index (κ3) is 3.67. The van der Waals surface area contributed by atoms with Crippen LogP contribution in [0, 0.1) is 12.8 Å². The van der Waals surface area contributed by atoms with E-state index in [-0.39, 0.29) is 16.7 Å². The van der Waals surface area contributed by atoms with Crippen LogP contribution in [-0.4, -0.2) is 15.7 Å². The Morgan fingerprint density at radius 2 is 1.95 bits per heavy atom. The van der Waals surface area contributed by atoms with Gasteiger partial charge in [0.2, 0.25) is 5.91 Å². The van der Waals surface area contributed by atoms with Gasteiger partial charge in [-0.25, -0.2) is 4.98 Å². The summed E-state index contributed by atoms with van der Waals surface area (Å²) in [5.74, 6) is 0.240. The minimum atomic E-state index is -0.177. The van der Waals surface area contributed by atoms with Crippen LogP contribution < -0.4 is 5.32 Å². The first kappa shape index (κ1) is 15.2. The molecule has 0 aliphatic carbocycles. The summed E-state index contributed by atoms with van der Waals surface area (Å²) in [5.41, 5.74) is 2.84. The van der Waals surface area contributed by atoms with E-state index < -0.39 is 0 Å². The van der Waals surface area contributed by atoms with Gasteiger partial charge in [-0.05, 0) is 25.0 Å². The van der Waals surface area contributed by atoms with Crippen molar-refractivity contribution in [2.24, 2.45) is 5.92 Å². The third-order valence-electron chi connectivity index (χ3n) is 2.90. The number of aryl methyl sites for hydroxylation is 1. The number of hydrogen-bond donors (Lipinski definition) is 1. The first-order valence-electron chi connectivity index (χ1n) is 6.45. The average Bonchev–Trinajstić information content (AvgIpc) is 2.85. The number of hydrogen-bond acceptors (Lipinski definition) is 3. The maximum absolute atomic E-state index is 11.9. The molecule has 0 spiro atoms. The minimum Gasteiger partial charge on any atom is -0.325 e. The second kappa shape index (κ2) is 6.50. The second-order valence-corrected chi connectivity index (χ2v) is 7.01. The molecule has 1 aromatic heterocycles. The molecule has 0 aliphatic rings. The number of nitrogens with one attached hydrogen (secondary N) is 1. The van der Waals surface area contributed by atoms with Gasteiger partial charge in [-0.1, -0.05) is 41.9 Å². The lowest BCUT2D eigenvalue weighted by atomic mass is 10.1. The van der Waals surface area contributed by atoms with Gasteiger partial charge in [0.15, 0.2) is 0 Å². The van der Waals surface area contributed by atoms with E-state index in [1.54, 1.807) is 11.3 Å². The molecule has 0 bridgehead atoms. The Bertz CT molecular complexity index is 592. The van der Waals surface area contributed by atoms with Crippen molar-refractivity contribution in [3.8, 4) is 11.3 Å². The van der Waals surface area contributed by atoms with Crippen molar-refractivity contribution in [1.82, 2.24) is 4.98 Å². The van der Waals surface area contributed by atoms with Gasteiger partial charge < -0.3 is 5.32 Å².